The van der Waals surface area contributed by atoms with E-state index in [0.717, 1.165) is 45.2 Å². The van der Waals surface area contributed by atoms with E-state index < -0.39 is 0 Å². The Bertz CT molecular complexity index is 281. The molecule has 2 rings (SSSR count). The first-order valence-electron chi connectivity index (χ1n) is 5.91. The Hall–Kier alpha value is -0.840. The van der Waals surface area contributed by atoms with Crippen LogP contribution in [0.3, 0.4) is 0 Å². The molecule has 0 aliphatic carbocycles. The van der Waals surface area contributed by atoms with E-state index in [1.807, 2.05) is 12.1 Å². The van der Waals surface area contributed by atoms with Crippen LogP contribution in [0.25, 0.3) is 0 Å². The standard InChI is InChI=1S/C12H20N2O2/c1-11(14-4-7-15-8-5-14)9-13-10-12-3-2-6-16-12/h2-3,6,11,13H,4-5,7-10H2,1H3. The van der Waals surface area contributed by atoms with E-state index >= 15 is 0 Å². The summed E-state index contributed by atoms with van der Waals surface area (Å²) < 4.78 is 10.6. The van der Waals surface area contributed by atoms with Crippen molar-refractivity contribution in [1.82, 2.24) is 10.2 Å². The maximum Gasteiger partial charge on any atom is 0.117 e. The van der Waals surface area contributed by atoms with Gasteiger partial charge in [0.2, 0.25) is 0 Å². The maximum absolute atomic E-state index is 5.34. The molecule has 1 saturated heterocycles. The van der Waals surface area contributed by atoms with Gasteiger partial charge < -0.3 is 14.5 Å². The summed E-state index contributed by atoms with van der Waals surface area (Å²) in [5.74, 6) is 0.995. The van der Waals surface area contributed by atoms with Gasteiger partial charge in [0.1, 0.15) is 5.76 Å². The molecule has 4 nitrogen and oxygen atoms in total. The Morgan fingerprint density at radius 3 is 2.94 bits per heavy atom. The Balaban J connectivity index is 1.65. The molecule has 1 N–H and O–H groups in total. The fourth-order valence-electron chi connectivity index (χ4n) is 1.96. The lowest BCUT2D eigenvalue weighted by Crippen LogP contribution is -2.46. The minimum Gasteiger partial charge on any atom is -0.468 e. The summed E-state index contributed by atoms with van der Waals surface area (Å²) in [4.78, 5) is 2.46. The Morgan fingerprint density at radius 2 is 2.25 bits per heavy atom. The molecular weight excluding hydrogens is 204 g/mol. The lowest BCUT2D eigenvalue weighted by molar-refractivity contribution is 0.0203. The van der Waals surface area contributed by atoms with Crippen molar-refractivity contribution in [3.63, 3.8) is 0 Å². The normalized spacial score (nSPS) is 19.8. The smallest absolute Gasteiger partial charge is 0.117 e. The molecule has 2 heterocycles. The molecule has 1 fully saturated rings. The SMILES string of the molecule is CC(CNCc1ccco1)N1CCOCC1. The van der Waals surface area contributed by atoms with Crippen molar-refractivity contribution in [3.05, 3.63) is 24.2 Å². The molecule has 0 spiro atoms. The van der Waals surface area contributed by atoms with Crippen LogP contribution < -0.4 is 5.32 Å². The summed E-state index contributed by atoms with van der Waals surface area (Å²) in [7, 11) is 0. The van der Waals surface area contributed by atoms with E-state index in [2.05, 4.69) is 17.1 Å². The van der Waals surface area contributed by atoms with Crippen LogP contribution >= 0.6 is 0 Å². The molecule has 1 atom stereocenters. The van der Waals surface area contributed by atoms with Crippen LogP contribution in [-0.2, 0) is 11.3 Å². The van der Waals surface area contributed by atoms with Gasteiger partial charge >= 0.3 is 0 Å². The van der Waals surface area contributed by atoms with Crippen LogP contribution in [0.5, 0.6) is 0 Å². The molecule has 0 radical (unpaired) electrons. The summed E-state index contributed by atoms with van der Waals surface area (Å²) in [6.45, 7) is 7.86. The summed E-state index contributed by atoms with van der Waals surface area (Å²) >= 11 is 0. The first kappa shape index (κ1) is 11.6. The summed E-state index contributed by atoms with van der Waals surface area (Å²) in [5.41, 5.74) is 0. The highest BCUT2D eigenvalue weighted by atomic mass is 16.5. The number of nitrogens with zero attached hydrogens (tertiary/aromatic N) is 1. The van der Waals surface area contributed by atoms with Gasteiger partial charge in [-0.15, -0.1) is 0 Å². The van der Waals surface area contributed by atoms with Crippen molar-refractivity contribution >= 4 is 0 Å². The molecule has 1 aromatic heterocycles. The average Bonchev–Trinajstić information content (AvgIpc) is 2.83. The first-order chi connectivity index (χ1) is 7.86. The zero-order chi connectivity index (χ0) is 11.2. The van der Waals surface area contributed by atoms with Crippen molar-refractivity contribution in [1.29, 1.82) is 0 Å². The second kappa shape index (κ2) is 6.03. The summed E-state index contributed by atoms with van der Waals surface area (Å²) in [5, 5.41) is 3.41. The highest BCUT2D eigenvalue weighted by molar-refractivity contribution is 4.97. The molecule has 0 aromatic carbocycles. The predicted molar refractivity (Wildman–Crippen MR) is 62.3 cm³/mol. The van der Waals surface area contributed by atoms with Gasteiger partial charge in [-0.05, 0) is 19.1 Å². The number of rotatable bonds is 5. The van der Waals surface area contributed by atoms with Gasteiger partial charge in [-0.3, -0.25) is 4.90 Å². The zero-order valence-electron chi connectivity index (χ0n) is 9.82. The van der Waals surface area contributed by atoms with Crippen molar-refractivity contribution in [2.75, 3.05) is 32.8 Å². The summed E-state index contributed by atoms with van der Waals surface area (Å²) in [6.07, 6.45) is 1.71. The third-order valence-corrected chi connectivity index (χ3v) is 2.99. The molecule has 1 unspecified atom stereocenters. The van der Waals surface area contributed by atoms with Crippen LogP contribution in [0, 0.1) is 0 Å². The number of hydrogen-bond donors (Lipinski definition) is 1. The van der Waals surface area contributed by atoms with E-state index in [-0.39, 0.29) is 0 Å². The molecule has 0 saturated carbocycles. The van der Waals surface area contributed by atoms with E-state index in [9.17, 15) is 0 Å². The van der Waals surface area contributed by atoms with Gasteiger partial charge in [0.05, 0.1) is 26.0 Å². The zero-order valence-corrected chi connectivity index (χ0v) is 9.82. The Morgan fingerprint density at radius 1 is 1.44 bits per heavy atom. The Kier molecular flexibility index (Phi) is 4.39. The second-order valence-electron chi connectivity index (χ2n) is 4.21. The lowest BCUT2D eigenvalue weighted by atomic mass is 10.2. The maximum atomic E-state index is 5.34. The van der Waals surface area contributed by atoms with E-state index in [1.54, 1.807) is 6.26 Å². The number of morpholine rings is 1. The third-order valence-electron chi connectivity index (χ3n) is 2.99. The molecule has 1 aliphatic rings. The number of nitrogens with one attached hydrogen (secondary N) is 1. The van der Waals surface area contributed by atoms with Crippen molar-refractivity contribution in [2.45, 2.75) is 19.5 Å². The van der Waals surface area contributed by atoms with Crippen LogP contribution in [0.15, 0.2) is 22.8 Å². The predicted octanol–water partition coefficient (Wildman–Crippen LogP) is 1.09. The molecule has 0 bridgehead atoms. The highest BCUT2D eigenvalue weighted by Gasteiger charge is 2.16. The Labute approximate surface area is 96.6 Å². The molecule has 1 aromatic rings. The lowest BCUT2D eigenvalue weighted by Gasteiger charge is -2.32. The van der Waals surface area contributed by atoms with Crippen LogP contribution in [-0.4, -0.2) is 43.8 Å². The number of furan rings is 1. The van der Waals surface area contributed by atoms with Crippen LogP contribution in [0.2, 0.25) is 0 Å². The number of ether oxygens (including phenoxy) is 1. The minimum atomic E-state index is 0.555. The molecule has 16 heavy (non-hydrogen) atoms. The van der Waals surface area contributed by atoms with Crippen LogP contribution in [0.1, 0.15) is 12.7 Å². The monoisotopic (exact) mass is 224 g/mol. The molecular formula is C12H20N2O2. The van der Waals surface area contributed by atoms with E-state index in [4.69, 9.17) is 9.15 Å². The van der Waals surface area contributed by atoms with E-state index in [0.29, 0.717) is 6.04 Å². The molecule has 1 aliphatic heterocycles. The quantitative estimate of drug-likeness (QED) is 0.812. The van der Waals surface area contributed by atoms with Crippen molar-refractivity contribution in [3.8, 4) is 0 Å². The highest BCUT2D eigenvalue weighted by Crippen LogP contribution is 2.03. The molecule has 90 valence electrons. The van der Waals surface area contributed by atoms with Gasteiger partial charge in [-0.2, -0.15) is 0 Å². The second-order valence-corrected chi connectivity index (χ2v) is 4.21. The topological polar surface area (TPSA) is 37.6 Å². The van der Waals surface area contributed by atoms with Crippen LogP contribution in [0.4, 0.5) is 0 Å². The largest absolute Gasteiger partial charge is 0.468 e. The van der Waals surface area contributed by atoms with E-state index in [1.165, 1.54) is 0 Å². The van der Waals surface area contributed by atoms with Crippen molar-refractivity contribution < 1.29 is 9.15 Å². The van der Waals surface area contributed by atoms with Gasteiger partial charge in [-0.25, -0.2) is 0 Å². The fraction of sp³-hybridized carbons (Fsp3) is 0.667. The van der Waals surface area contributed by atoms with Gasteiger partial charge in [0, 0.05) is 25.7 Å². The van der Waals surface area contributed by atoms with Gasteiger partial charge in [-0.1, -0.05) is 0 Å². The average molecular weight is 224 g/mol. The molecule has 0 amide bonds. The van der Waals surface area contributed by atoms with Gasteiger partial charge in [0.15, 0.2) is 0 Å². The third kappa shape index (κ3) is 3.33. The molecule has 4 heteroatoms. The van der Waals surface area contributed by atoms with Crippen molar-refractivity contribution in [2.24, 2.45) is 0 Å². The van der Waals surface area contributed by atoms with Gasteiger partial charge in [0.25, 0.3) is 0 Å². The minimum absolute atomic E-state index is 0.555. The first-order valence-corrected chi connectivity index (χ1v) is 5.91. The summed E-state index contributed by atoms with van der Waals surface area (Å²) in [6, 6.07) is 4.47. The number of hydrogen-bond acceptors (Lipinski definition) is 4. The fourth-order valence-corrected chi connectivity index (χ4v) is 1.96.